The van der Waals surface area contributed by atoms with Crippen molar-refractivity contribution in [1.29, 1.82) is 0 Å². The molecule has 0 saturated carbocycles. The average molecular weight is 407 g/mol. The van der Waals surface area contributed by atoms with Gasteiger partial charge >= 0.3 is 0 Å². The van der Waals surface area contributed by atoms with Crippen LogP contribution in [-0.2, 0) is 4.79 Å². The van der Waals surface area contributed by atoms with Gasteiger partial charge in [0.15, 0.2) is 12.1 Å². The number of rotatable bonds is 4. The fraction of sp³-hybridized carbons (Fsp3) is 0.364. The zero-order valence-corrected chi connectivity index (χ0v) is 17.4. The molecule has 2 amide bonds. The standard InChI is InChI=1S/C22H25N5O3/c1-14-12-15(2)27(25-14)18-9-7-17(8-10-18)24-21(28)19-6-4-5-11-26(19)22(29)20-16(3)30-13-23-20/h7-10,12-13,19H,4-6,11H2,1-3H3,(H,24,28). The number of benzene rings is 1. The van der Waals surface area contributed by atoms with Gasteiger partial charge in [0.2, 0.25) is 5.91 Å². The van der Waals surface area contributed by atoms with Crippen molar-refractivity contribution in [2.24, 2.45) is 0 Å². The van der Waals surface area contributed by atoms with E-state index >= 15 is 0 Å². The topological polar surface area (TPSA) is 93.3 Å². The summed E-state index contributed by atoms with van der Waals surface area (Å²) in [7, 11) is 0. The molecule has 0 spiro atoms. The van der Waals surface area contributed by atoms with Crippen LogP contribution in [0.25, 0.3) is 5.69 Å². The van der Waals surface area contributed by atoms with E-state index < -0.39 is 6.04 Å². The fourth-order valence-electron chi connectivity index (χ4n) is 3.90. The normalized spacial score (nSPS) is 16.5. The highest BCUT2D eigenvalue weighted by Gasteiger charge is 2.34. The molecule has 1 aromatic carbocycles. The van der Waals surface area contributed by atoms with E-state index in [1.807, 2.05) is 48.9 Å². The number of aryl methyl sites for hydroxylation is 3. The molecule has 0 bridgehead atoms. The maximum absolute atomic E-state index is 13.0. The summed E-state index contributed by atoms with van der Waals surface area (Å²) in [5.41, 5.74) is 3.87. The second-order valence-corrected chi connectivity index (χ2v) is 7.64. The van der Waals surface area contributed by atoms with Crippen LogP contribution in [0, 0.1) is 20.8 Å². The summed E-state index contributed by atoms with van der Waals surface area (Å²) in [6.07, 6.45) is 3.64. The van der Waals surface area contributed by atoms with Crippen molar-refractivity contribution in [2.75, 3.05) is 11.9 Å². The molecule has 8 nitrogen and oxygen atoms in total. The highest BCUT2D eigenvalue weighted by atomic mass is 16.3. The largest absolute Gasteiger partial charge is 0.448 e. The molecule has 4 rings (SSSR count). The molecule has 3 aromatic rings. The van der Waals surface area contributed by atoms with E-state index in [-0.39, 0.29) is 17.5 Å². The molecular formula is C22H25N5O3. The molecule has 1 fully saturated rings. The summed E-state index contributed by atoms with van der Waals surface area (Å²) in [6, 6.07) is 9.01. The first-order valence-electron chi connectivity index (χ1n) is 10.1. The van der Waals surface area contributed by atoms with Crippen molar-refractivity contribution in [3.63, 3.8) is 0 Å². The fourth-order valence-corrected chi connectivity index (χ4v) is 3.90. The Kier molecular flexibility index (Phi) is 5.39. The summed E-state index contributed by atoms with van der Waals surface area (Å²) in [6.45, 7) is 6.18. The van der Waals surface area contributed by atoms with Crippen molar-refractivity contribution < 1.29 is 14.0 Å². The van der Waals surface area contributed by atoms with Gasteiger partial charge in [-0.2, -0.15) is 5.10 Å². The Morgan fingerprint density at radius 1 is 1.13 bits per heavy atom. The molecule has 0 aliphatic carbocycles. The predicted octanol–water partition coefficient (Wildman–Crippen LogP) is 3.42. The highest BCUT2D eigenvalue weighted by Crippen LogP contribution is 2.23. The van der Waals surface area contributed by atoms with E-state index in [1.54, 1.807) is 11.8 Å². The zero-order valence-electron chi connectivity index (χ0n) is 17.4. The van der Waals surface area contributed by atoms with Crippen LogP contribution in [0.1, 0.15) is 46.9 Å². The number of hydrogen-bond donors (Lipinski definition) is 1. The number of anilines is 1. The van der Waals surface area contributed by atoms with Crippen LogP contribution in [0.4, 0.5) is 5.69 Å². The van der Waals surface area contributed by atoms with Gasteiger partial charge in [-0.25, -0.2) is 9.67 Å². The van der Waals surface area contributed by atoms with Gasteiger partial charge in [0.05, 0.1) is 11.4 Å². The van der Waals surface area contributed by atoms with Crippen LogP contribution in [0.15, 0.2) is 41.1 Å². The van der Waals surface area contributed by atoms with Crippen LogP contribution < -0.4 is 5.32 Å². The van der Waals surface area contributed by atoms with Crippen molar-refractivity contribution >= 4 is 17.5 Å². The van der Waals surface area contributed by atoms with E-state index in [9.17, 15) is 9.59 Å². The number of carbonyl (C=O) groups excluding carboxylic acids is 2. The Morgan fingerprint density at radius 2 is 1.90 bits per heavy atom. The van der Waals surface area contributed by atoms with Gasteiger partial charge in [0, 0.05) is 17.9 Å². The third-order valence-corrected chi connectivity index (χ3v) is 5.40. The van der Waals surface area contributed by atoms with E-state index in [0.717, 1.165) is 29.9 Å². The summed E-state index contributed by atoms with van der Waals surface area (Å²) in [5, 5.41) is 7.43. The van der Waals surface area contributed by atoms with E-state index in [2.05, 4.69) is 15.4 Å². The van der Waals surface area contributed by atoms with Gasteiger partial charge in [0.25, 0.3) is 5.91 Å². The monoisotopic (exact) mass is 407 g/mol. The lowest BCUT2D eigenvalue weighted by molar-refractivity contribution is -0.121. The van der Waals surface area contributed by atoms with Crippen LogP contribution in [0.2, 0.25) is 0 Å². The van der Waals surface area contributed by atoms with Crippen molar-refractivity contribution in [3.05, 3.63) is 59.6 Å². The minimum Gasteiger partial charge on any atom is -0.448 e. The van der Waals surface area contributed by atoms with Crippen LogP contribution in [-0.4, -0.2) is 44.1 Å². The highest BCUT2D eigenvalue weighted by molar-refractivity contribution is 6.00. The number of hydrogen-bond acceptors (Lipinski definition) is 5. The first kappa shape index (κ1) is 19.9. The molecule has 156 valence electrons. The molecule has 2 aromatic heterocycles. The van der Waals surface area contributed by atoms with Gasteiger partial charge in [-0.1, -0.05) is 0 Å². The second-order valence-electron chi connectivity index (χ2n) is 7.64. The molecule has 8 heteroatoms. The smallest absolute Gasteiger partial charge is 0.276 e. The Balaban J connectivity index is 1.48. The van der Waals surface area contributed by atoms with Gasteiger partial charge < -0.3 is 14.6 Å². The van der Waals surface area contributed by atoms with Gasteiger partial charge in [-0.05, 0) is 70.4 Å². The summed E-state index contributed by atoms with van der Waals surface area (Å²) < 4.78 is 7.02. The molecule has 1 saturated heterocycles. The number of carbonyl (C=O) groups is 2. The molecule has 1 aliphatic rings. The molecule has 1 aliphatic heterocycles. The van der Waals surface area contributed by atoms with Crippen molar-refractivity contribution in [1.82, 2.24) is 19.7 Å². The Hall–Kier alpha value is -3.42. The number of piperidine rings is 1. The lowest BCUT2D eigenvalue weighted by atomic mass is 10.0. The number of aromatic nitrogens is 3. The van der Waals surface area contributed by atoms with Crippen LogP contribution >= 0.6 is 0 Å². The zero-order chi connectivity index (χ0) is 21.3. The maximum atomic E-state index is 13.0. The Labute approximate surface area is 174 Å². The minimum atomic E-state index is -0.530. The number of likely N-dealkylation sites (tertiary alicyclic amines) is 1. The third kappa shape index (κ3) is 3.85. The van der Waals surface area contributed by atoms with E-state index in [4.69, 9.17) is 4.42 Å². The van der Waals surface area contributed by atoms with E-state index in [0.29, 0.717) is 24.4 Å². The van der Waals surface area contributed by atoms with Gasteiger partial charge in [0.1, 0.15) is 11.8 Å². The lowest BCUT2D eigenvalue weighted by Gasteiger charge is -2.34. The first-order chi connectivity index (χ1) is 14.4. The maximum Gasteiger partial charge on any atom is 0.276 e. The summed E-state index contributed by atoms with van der Waals surface area (Å²) in [4.78, 5) is 31.5. The first-order valence-corrected chi connectivity index (χ1v) is 10.1. The molecule has 1 atom stereocenters. The number of amides is 2. The third-order valence-electron chi connectivity index (χ3n) is 5.40. The van der Waals surface area contributed by atoms with Crippen LogP contribution in [0.5, 0.6) is 0 Å². The molecule has 1 N–H and O–H groups in total. The summed E-state index contributed by atoms with van der Waals surface area (Å²) in [5.74, 6) is 0.00788. The van der Waals surface area contributed by atoms with Crippen molar-refractivity contribution in [3.8, 4) is 5.69 Å². The predicted molar refractivity (Wildman–Crippen MR) is 112 cm³/mol. The Morgan fingerprint density at radius 3 is 2.53 bits per heavy atom. The van der Waals surface area contributed by atoms with Gasteiger partial charge in [-0.3, -0.25) is 9.59 Å². The quantitative estimate of drug-likeness (QED) is 0.715. The minimum absolute atomic E-state index is 0.192. The number of nitrogens with one attached hydrogen (secondary N) is 1. The van der Waals surface area contributed by atoms with Crippen molar-refractivity contribution in [2.45, 2.75) is 46.1 Å². The average Bonchev–Trinajstić information content (AvgIpc) is 3.32. The SMILES string of the molecule is Cc1cc(C)n(-c2ccc(NC(=O)C3CCCCN3C(=O)c3ncoc3C)cc2)n1. The van der Waals surface area contributed by atoms with Crippen LogP contribution in [0.3, 0.4) is 0 Å². The Bertz CT molecular complexity index is 1070. The molecule has 3 heterocycles. The summed E-state index contributed by atoms with van der Waals surface area (Å²) >= 11 is 0. The van der Waals surface area contributed by atoms with E-state index in [1.165, 1.54) is 6.39 Å². The molecule has 0 radical (unpaired) electrons. The second kappa shape index (κ2) is 8.14. The molecular weight excluding hydrogens is 382 g/mol. The molecule has 1 unspecified atom stereocenters. The van der Waals surface area contributed by atoms with Gasteiger partial charge in [-0.15, -0.1) is 0 Å². The lowest BCUT2D eigenvalue weighted by Crippen LogP contribution is -2.50. The number of oxazole rings is 1. The molecule has 30 heavy (non-hydrogen) atoms. The number of nitrogens with zero attached hydrogens (tertiary/aromatic N) is 4.